The van der Waals surface area contributed by atoms with Crippen LogP contribution in [0.4, 0.5) is 19.0 Å². The Morgan fingerprint density at radius 3 is 2.54 bits per heavy atom. The van der Waals surface area contributed by atoms with Gasteiger partial charge in [-0.2, -0.15) is 4.52 Å². The van der Waals surface area contributed by atoms with E-state index in [0.29, 0.717) is 11.4 Å². The summed E-state index contributed by atoms with van der Waals surface area (Å²) in [5.74, 6) is -0.137. The molecule has 0 spiro atoms. The maximum atomic E-state index is 14.4. The molecule has 1 aliphatic carbocycles. The molecular formula is C18H18F3N5. The number of aromatic nitrogens is 4. The topological polar surface area (TPSA) is 55.1 Å². The zero-order valence-electron chi connectivity index (χ0n) is 13.9. The molecule has 1 saturated carbocycles. The van der Waals surface area contributed by atoms with Gasteiger partial charge in [0, 0.05) is 5.56 Å². The third-order valence-corrected chi connectivity index (χ3v) is 4.90. The average molecular weight is 361 g/mol. The Hall–Kier alpha value is -2.64. The van der Waals surface area contributed by atoms with Crippen molar-refractivity contribution < 1.29 is 13.2 Å². The van der Waals surface area contributed by atoms with Crippen molar-refractivity contribution in [2.45, 2.75) is 38.2 Å². The van der Waals surface area contributed by atoms with Gasteiger partial charge in [-0.25, -0.2) is 13.2 Å². The van der Waals surface area contributed by atoms with Crippen molar-refractivity contribution in [3.63, 3.8) is 0 Å². The molecule has 1 atom stereocenters. The number of nitrogens with one attached hydrogen (secondary N) is 1. The van der Waals surface area contributed by atoms with Gasteiger partial charge < -0.3 is 5.32 Å². The second kappa shape index (κ2) is 6.93. The van der Waals surface area contributed by atoms with Crippen molar-refractivity contribution in [3.05, 3.63) is 53.6 Å². The van der Waals surface area contributed by atoms with Crippen molar-refractivity contribution in [3.8, 4) is 0 Å². The van der Waals surface area contributed by atoms with Crippen LogP contribution in [0.25, 0.3) is 5.65 Å². The van der Waals surface area contributed by atoms with Crippen LogP contribution < -0.4 is 5.32 Å². The molecule has 5 nitrogen and oxygen atoms in total. The van der Waals surface area contributed by atoms with E-state index in [4.69, 9.17) is 0 Å². The zero-order chi connectivity index (χ0) is 18.1. The number of nitrogens with zero attached hydrogens (tertiary/aromatic N) is 4. The lowest BCUT2D eigenvalue weighted by molar-refractivity contribution is 0.137. The molecule has 0 aliphatic heterocycles. The first kappa shape index (κ1) is 16.8. The van der Waals surface area contributed by atoms with Crippen LogP contribution in [0, 0.1) is 11.7 Å². The summed E-state index contributed by atoms with van der Waals surface area (Å²) in [7, 11) is 0. The van der Waals surface area contributed by atoms with E-state index in [2.05, 4.69) is 20.6 Å². The third-order valence-electron chi connectivity index (χ3n) is 4.90. The number of anilines is 1. The Bertz CT molecular complexity index is 905. The van der Waals surface area contributed by atoms with Gasteiger partial charge in [0.05, 0.1) is 6.04 Å². The molecule has 1 fully saturated rings. The van der Waals surface area contributed by atoms with Gasteiger partial charge >= 0.3 is 0 Å². The first-order valence-electron chi connectivity index (χ1n) is 8.65. The van der Waals surface area contributed by atoms with Crippen LogP contribution >= 0.6 is 0 Å². The summed E-state index contributed by atoms with van der Waals surface area (Å²) in [5.41, 5.74) is 0.813. The second-order valence-corrected chi connectivity index (χ2v) is 6.54. The molecule has 2 heterocycles. The Kier molecular flexibility index (Phi) is 4.48. The van der Waals surface area contributed by atoms with Crippen molar-refractivity contribution >= 4 is 11.5 Å². The molecule has 26 heavy (non-hydrogen) atoms. The van der Waals surface area contributed by atoms with Crippen LogP contribution in [0.2, 0.25) is 0 Å². The minimum atomic E-state index is -2.77. The van der Waals surface area contributed by atoms with Gasteiger partial charge in [-0.15, -0.1) is 15.3 Å². The molecule has 4 rings (SSSR count). The summed E-state index contributed by atoms with van der Waals surface area (Å²) < 4.78 is 41.5. The van der Waals surface area contributed by atoms with Crippen molar-refractivity contribution in [1.82, 2.24) is 19.8 Å². The molecule has 0 bridgehead atoms. The highest BCUT2D eigenvalue weighted by Gasteiger charge is 2.29. The fraction of sp³-hybridized carbons (Fsp3) is 0.389. The summed E-state index contributed by atoms with van der Waals surface area (Å²) in [4.78, 5) is 0. The van der Waals surface area contributed by atoms with Crippen LogP contribution in [-0.4, -0.2) is 19.8 Å². The lowest BCUT2D eigenvalue weighted by Gasteiger charge is -2.26. The molecule has 1 aliphatic rings. The van der Waals surface area contributed by atoms with E-state index in [-0.39, 0.29) is 23.4 Å². The largest absolute Gasteiger partial charge is 0.361 e. The Balaban J connectivity index is 1.70. The Morgan fingerprint density at radius 1 is 1.04 bits per heavy atom. The summed E-state index contributed by atoms with van der Waals surface area (Å²) in [6.45, 7) is 0. The molecule has 136 valence electrons. The van der Waals surface area contributed by atoms with Crippen LogP contribution in [0.1, 0.15) is 49.5 Å². The minimum Gasteiger partial charge on any atom is -0.361 e. The number of fused-ring (bicyclic) bond motifs is 1. The average Bonchev–Trinajstić information content (AvgIpc) is 3.30. The molecule has 0 saturated heterocycles. The first-order chi connectivity index (χ1) is 12.6. The monoisotopic (exact) mass is 361 g/mol. The maximum Gasteiger partial charge on any atom is 0.299 e. The number of alkyl halides is 2. The maximum absolute atomic E-state index is 14.4. The van der Waals surface area contributed by atoms with E-state index < -0.39 is 12.2 Å². The first-order valence-corrected chi connectivity index (χ1v) is 8.65. The van der Waals surface area contributed by atoms with Crippen LogP contribution in [0.15, 0.2) is 36.4 Å². The van der Waals surface area contributed by atoms with E-state index in [1.165, 1.54) is 6.07 Å². The number of hydrogen-bond donors (Lipinski definition) is 1. The minimum absolute atomic E-state index is 0.245. The van der Waals surface area contributed by atoms with Crippen LogP contribution in [0.3, 0.4) is 0 Å². The van der Waals surface area contributed by atoms with Gasteiger partial charge in [0.25, 0.3) is 6.43 Å². The molecule has 1 aromatic carbocycles. The van der Waals surface area contributed by atoms with E-state index in [0.717, 1.165) is 30.2 Å². The van der Waals surface area contributed by atoms with E-state index in [1.807, 2.05) is 0 Å². The molecule has 1 unspecified atom stereocenters. The van der Waals surface area contributed by atoms with Gasteiger partial charge in [-0.1, -0.05) is 31.0 Å². The summed E-state index contributed by atoms with van der Waals surface area (Å²) in [6, 6.07) is 9.60. The highest BCUT2D eigenvalue weighted by atomic mass is 19.3. The predicted molar refractivity (Wildman–Crippen MR) is 90.5 cm³/mol. The lowest BCUT2D eigenvalue weighted by atomic mass is 9.91. The molecule has 3 aromatic rings. The second-order valence-electron chi connectivity index (χ2n) is 6.54. The van der Waals surface area contributed by atoms with Gasteiger partial charge in [0.2, 0.25) is 5.82 Å². The summed E-state index contributed by atoms with van der Waals surface area (Å²) >= 11 is 0. The zero-order valence-corrected chi connectivity index (χ0v) is 13.9. The van der Waals surface area contributed by atoms with Crippen LogP contribution in [0.5, 0.6) is 0 Å². The fourth-order valence-corrected chi connectivity index (χ4v) is 3.65. The third kappa shape index (κ3) is 3.11. The van der Waals surface area contributed by atoms with Crippen molar-refractivity contribution in [2.24, 2.45) is 5.92 Å². The van der Waals surface area contributed by atoms with Crippen molar-refractivity contribution in [2.75, 3.05) is 5.32 Å². The van der Waals surface area contributed by atoms with Gasteiger partial charge in [-0.3, -0.25) is 0 Å². The SMILES string of the molecule is Fc1ccccc1C(Nc1ccc2nnc(C(F)F)n2n1)C1CCCC1. The van der Waals surface area contributed by atoms with Gasteiger partial charge in [0.15, 0.2) is 5.65 Å². The normalized spacial score (nSPS) is 16.5. The number of benzene rings is 1. The number of hydrogen-bond acceptors (Lipinski definition) is 4. The van der Waals surface area contributed by atoms with Crippen molar-refractivity contribution in [1.29, 1.82) is 0 Å². The predicted octanol–water partition coefficient (Wildman–Crippen LogP) is 4.54. The van der Waals surface area contributed by atoms with Crippen LogP contribution in [-0.2, 0) is 0 Å². The molecule has 1 N–H and O–H groups in total. The lowest BCUT2D eigenvalue weighted by Crippen LogP contribution is -2.21. The van der Waals surface area contributed by atoms with E-state index in [9.17, 15) is 13.2 Å². The number of halogens is 3. The van der Waals surface area contributed by atoms with E-state index >= 15 is 0 Å². The highest BCUT2D eigenvalue weighted by Crippen LogP contribution is 2.38. The highest BCUT2D eigenvalue weighted by molar-refractivity contribution is 5.46. The number of rotatable bonds is 5. The van der Waals surface area contributed by atoms with E-state index in [1.54, 1.807) is 30.3 Å². The fourth-order valence-electron chi connectivity index (χ4n) is 3.65. The summed E-state index contributed by atoms with van der Waals surface area (Å²) in [5, 5.41) is 14.6. The Labute approximate surface area is 148 Å². The standard InChI is InChI=1S/C18H18F3N5/c19-13-8-4-3-7-12(13)16(11-5-1-2-6-11)22-14-9-10-15-23-24-18(17(20)21)26(15)25-14/h3-4,7-11,16-17H,1-2,5-6H2,(H,22,25). The molecule has 0 radical (unpaired) electrons. The quantitative estimate of drug-likeness (QED) is 0.725. The Morgan fingerprint density at radius 2 is 1.81 bits per heavy atom. The van der Waals surface area contributed by atoms with Gasteiger partial charge in [0.1, 0.15) is 11.6 Å². The molecule has 2 aromatic heterocycles. The summed E-state index contributed by atoms with van der Waals surface area (Å²) in [6.07, 6.45) is 1.41. The molecule has 0 amide bonds. The smallest absolute Gasteiger partial charge is 0.299 e. The van der Waals surface area contributed by atoms with Gasteiger partial charge in [-0.05, 0) is 37.0 Å². The molecule has 8 heteroatoms. The molecular weight excluding hydrogens is 343 g/mol.